The van der Waals surface area contributed by atoms with Crippen LogP contribution in [0.25, 0.3) is 5.76 Å². The second kappa shape index (κ2) is 8.62. The van der Waals surface area contributed by atoms with E-state index in [-0.39, 0.29) is 39.2 Å². The maximum atomic E-state index is 14.1. The van der Waals surface area contributed by atoms with Crippen molar-refractivity contribution < 1.29 is 27.4 Å². The maximum absolute atomic E-state index is 14.1. The number of benzene rings is 2. The van der Waals surface area contributed by atoms with Crippen LogP contribution < -0.4 is 10.0 Å². The van der Waals surface area contributed by atoms with Crippen molar-refractivity contribution in [1.82, 2.24) is 0 Å². The molecule has 1 heterocycles. The molecular formula is C25H29N3O6S2. The Balaban J connectivity index is 1.59. The lowest BCUT2D eigenvalue weighted by atomic mass is 9.65. The zero-order valence-corrected chi connectivity index (χ0v) is 21.6. The molecular weight excluding hydrogens is 502 g/mol. The molecule has 5 N–H and O–H groups in total. The molecule has 0 saturated heterocycles. The van der Waals surface area contributed by atoms with Gasteiger partial charge in [-0.25, -0.2) is 8.42 Å². The first kappa shape index (κ1) is 24.8. The van der Waals surface area contributed by atoms with Crippen LogP contribution in [0.15, 0.2) is 57.3 Å². The van der Waals surface area contributed by atoms with Gasteiger partial charge in [0.1, 0.15) is 16.2 Å². The second-order valence-electron chi connectivity index (χ2n) is 9.95. The summed E-state index contributed by atoms with van der Waals surface area (Å²) in [5.41, 5.74) is 0.673. The predicted molar refractivity (Wildman–Crippen MR) is 142 cm³/mol. The molecule has 2 aromatic rings. The summed E-state index contributed by atoms with van der Waals surface area (Å²) in [6, 6.07) is 11.5. The van der Waals surface area contributed by atoms with Crippen LogP contribution in [0, 0.1) is 5.92 Å². The maximum Gasteiger partial charge on any atom is 0.229 e. The van der Waals surface area contributed by atoms with E-state index in [9.17, 15) is 27.4 Å². The molecule has 9 nitrogen and oxygen atoms in total. The third-order valence-corrected chi connectivity index (χ3v) is 9.17. The van der Waals surface area contributed by atoms with E-state index in [4.69, 9.17) is 0 Å². The van der Waals surface area contributed by atoms with Crippen LogP contribution in [-0.2, 0) is 20.2 Å². The van der Waals surface area contributed by atoms with Crippen LogP contribution in [0.5, 0.6) is 0 Å². The summed E-state index contributed by atoms with van der Waals surface area (Å²) >= 11 is 0. The number of Topliss-reactive ketones (excluding diaryl/α,β-unsaturated/α-hetero) is 1. The molecule has 0 spiro atoms. The van der Waals surface area contributed by atoms with E-state index in [0.717, 1.165) is 37.5 Å². The molecule has 1 aliphatic heterocycles. The van der Waals surface area contributed by atoms with Gasteiger partial charge in [-0.05, 0) is 43.0 Å². The first-order chi connectivity index (χ1) is 16.9. The fourth-order valence-electron chi connectivity index (χ4n) is 5.59. The van der Waals surface area contributed by atoms with Crippen molar-refractivity contribution in [3.8, 4) is 0 Å². The van der Waals surface area contributed by atoms with Crippen molar-refractivity contribution in [3.63, 3.8) is 0 Å². The number of anilines is 2. The summed E-state index contributed by atoms with van der Waals surface area (Å²) in [6.07, 6.45) is 5.98. The summed E-state index contributed by atoms with van der Waals surface area (Å²) in [5, 5.41) is 14.2. The monoisotopic (exact) mass is 531 g/mol. The van der Waals surface area contributed by atoms with Gasteiger partial charge in [0.2, 0.25) is 10.0 Å². The lowest BCUT2D eigenvalue weighted by Gasteiger charge is -2.39. The number of carbonyl (C=O) groups is 1. The minimum atomic E-state index is -3.81. The average molecular weight is 532 g/mol. The van der Waals surface area contributed by atoms with E-state index in [1.165, 1.54) is 18.2 Å². The Kier molecular flexibility index (Phi) is 5.94. The molecule has 0 aromatic heterocycles. The van der Waals surface area contributed by atoms with E-state index in [1.54, 1.807) is 12.1 Å². The van der Waals surface area contributed by atoms with Crippen LogP contribution >= 0.6 is 10.8 Å². The molecule has 2 aromatic carbocycles. The summed E-state index contributed by atoms with van der Waals surface area (Å²) in [7, 11) is -7.39. The topological polar surface area (TPSA) is 148 Å². The number of hydrogen-bond donors (Lipinski definition) is 5. The van der Waals surface area contributed by atoms with Crippen molar-refractivity contribution in [2.24, 2.45) is 10.3 Å². The summed E-state index contributed by atoms with van der Waals surface area (Å²) in [4.78, 5) is 14.1. The highest BCUT2D eigenvalue weighted by Gasteiger charge is 2.47. The van der Waals surface area contributed by atoms with Crippen molar-refractivity contribution in [2.75, 3.05) is 16.3 Å². The van der Waals surface area contributed by atoms with E-state index in [2.05, 4.69) is 14.4 Å². The molecule has 1 atom stereocenters. The molecule has 0 unspecified atom stereocenters. The van der Waals surface area contributed by atoms with Gasteiger partial charge in [-0.2, -0.15) is 0 Å². The van der Waals surface area contributed by atoms with Crippen molar-refractivity contribution in [3.05, 3.63) is 59.2 Å². The highest BCUT2D eigenvalue weighted by atomic mass is 32.3. The van der Waals surface area contributed by atoms with Gasteiger partial charge >= 0.3 is 0 Å². The smallest absolute Gasteiger partial charge is 0.229 e. The second-order valence-corrected chi connectivity index (χ2v) is 13.4. The molecule has 2 aliphatic carbocycles. The van der Waals surface area contributed by atoms with Gasteiger partial charge < -0.3 is 10.4 Å². The van der Waals surface area contributed by atoms with Crippen LogP contribution in [-0.4, -0.2) is 40.5 Å². The number of amidine groups is 1. The molecule has 36 heavy (non-hydrogen) atoms. The van der Waals surface area contributed by atoms with Crippen molar-refractivity contribution >= 4 is 49.6 Å². The standard InChI is InChI=1S/C25H29N3O6S2/c1-25(14-15-7-3-4-8-15)18-10-6-5-9-17(18)22(29)21(23(25)30)24-26-19-12-11-16(27-35(2,31)32)13-20(19)36(33,34)28-24/h5-6,9-13,15,27,29,33-34H,3-4,7-8,14H2,1-2H3,(H,26,28)/t25-/m1/s1. The van der Waals surface area contributed by atoms with E-state index in [1.807, 2.05) is 19.1 Å². The highest BCUT2D eigenvalue weighted by Crippen LogP contribution is 2.57. The van der Waals surface area contributed by atoms with Gasteiger partial charge in [0, 0.05) is 5.56 Å². The van der Waals surface area contributed by atoms with Crippen molar-refractivity contribution in [2.45, 2.75) is 49.3 Å². The van der Waals surface area contributed by atoms with Gasteiger partial charge in [-0.3, -0.25) is 18.6 Å². The predicted octanol–water partition coefficient (Wildman–Crippen LogP) is 5.30. The van der Waals surface area contributed by atoms with Gasteiger partial charge in [-0.1, -0.05) is 60.7 Å². The SMILES string of the molecule is C[C@]1(CC2CCCC2)C(=O)C(C2=NS(O)(O)c3cc(NS(C)(=O)=O)ccc3N2)=C(O)c2ccccc21. The summed E-state index contributed by atoms with van der Waals surface area (Å²) in [5.74, 6) is -0.330. The molecule has 0 radical (unpaired) electrons. The Labute approximate surface area is 211 Å². The number of nitrogens with zero attached hydrogens (tertiary/aromatic N) is 1. The Hall–Kier alpha value is -2.86. The minimum Gasteiger partial charge on any atom is -0.506 e. The Bertz CT molecular complexity index is 1430. The number of carbonyl (C=O) groups excluding carboxylic acids is 1. The molecule has 1 fully saturated rings. The number of aliphatic hydroxyl groups is 1. The van der Waals surface area contributed by atoms with Gasteiger partial charge in [0.25, 0.3) is 0 Å². The average Bonchev–Trinajstić information content (AvgIpc) is 3.30. The molecule has 1 saturated carbocycles. The van der Waals surface area contributed by atoms with Crippen LogP contribution in [0.4, 0.5) is 11.4 Å². The largest absolute Gasteiger partial charge is 0.506 e. The van der Waals surface area contributed by atoms with E-state index in [0.29, 0.717) is 17.9 Å². The summed E-state index contributed by atoms with van der Waals surface area (Å²) in [6.45, 7) is 1.89. The van der Waals surface area contributed by atoms with Crippen molar-refractivity contribution in [1.29, 1.82) is 0 Å². The quantitative estimate of drug-likeness (QED) is 0.352. The zero-order chi connectivity index (χ0) is 25.9. The molecule has 192 valence electrons. The summed E-state index contributed by atoms with van der Waals surface area (Å²) < 4.78 is 51.4. The number of rotatable bonds is 5. The number of sulfonamides is 1. The van der Waals surface area contributed by atoms with Gasteiger partial charge in [-0.15, -0.1) is 4.40 Å². The van der Waals surface area contributed by atoms with Gasteiger partial charge in [0.05, 0.1) is 23.0 Å². The zero-order valence-electron chi connectivity index (χ0n) is 20.0. The number of ketones is 1. The minimum absolute atomic E-state index is 0.0163. The molecule has 11 heteroatoms. The lowest BCUT2D eigenvalue weighted by Crippen LogP contribution is -2.43. The number of fused-ring (bicyclic) bond motifs is 2. The Morgan fingerprint density at radius 1 is 1.17 bits per heavy atom. The fourth-order valence-corrected chi connectivity index (χ4v) is 7.33. The molecule has 0 amide bonds. The third-order valence-electron chi connectivity index (χ3n) is 7.20. The highest BCUT2D eigenvalue weighted by molar-refractivity contribution is 8.23. The van der Waals surface area contributed by atoms with Crippen LogP contribution in [0.1, 0.15) is 50.2 Å². The molecule has 5 rings (SSSR count). The molecule has 3 aliphatic rings. The fraction of sp³-hybridized carbons (Fsp3) is 0.360. The Morgan fingerprint density at radius 2 is 1.86 bits per heavy atom. The normalized spacial score (nSPS) is 24.4. The first-order valence-electron chi connectivity index (χ1n) is 11.7. The third kappa shape index (κ3) is 4.30. The number of aliphatic hydroxyl groups excluding tert-OH is 1. The van der Waals surface area contributed by atoms with E-state index < -0.39 is 26.2 Å². The van der Waals surface area contributed by atoms with Gasteiger partial charge in [0.15, 0.2) is 11.6 Å². The number of hydrogen-bond acceptors (Lipinski definition) is 8. The van der Waals surface area contributed by atoms with Crippen LogP contribution in [0.3, 0.4) is 0 Å². The Morgan fingerprint density at radius 3 is 2.56 bits per heavy atom. The van der Waals surface area contributed by atoms with Crippen LogP contribution in [0.2, 0.25) is 0 Å². The first-order valence-corrected chi connectivity index (χ1v) is 15.1. The van der Waals surface area contributed by atoms with E-state index >= 15 is 0 Å². The molecule has 0 bridgehead atoms. The number of nitrogens with one attached hydrogen (secondary N) is 2. The lowest BCUT2D eigenvalue weighted by molar-refractivity contribution is -0.120.